The van der Waals surface area contributed by atoms with Gasteiger partial charge in [0.2, 0.25) is 0 Å². The van der Waals surface area contributed by atoms with Crippen LogP contribution in [0.4, 0.5) is 0 Å². The van der Waals surface area contributed by atoms with Gasteiger partial charge in [-0.1, -0.05) is 0 Å². The molecule has 298 valence electrons. The van der Waals surface area contributed by atoms with Crippen LogP contribution in [-0.4, -0.2) is 4.21 Å². The van der Waals surface area contributed by atoms with Crippen molar-refractivity contribution in [3.05, 3.63) is 85.8 Å². The fraction of sp³-hybridized carbons (Fsp3) is 0.667. The third-order valence-corrected chi connectivity index (χ3v) is 45.9. The fourth-order valence-corrected chi connectivity index (χ4v) is 43.9. The van der Waals surface area contributed by atoms with Gasteiger partial charge in [0.05, 0.1) is 0 Å². The van der Waals surface area contributed by atoms with E-state index >= 15 is 0 Å². The summed E-state index contributed by atoms with van der Waals surface area (Å²) >= 11 is -4.74. The van der Waals surface area contributed by atoms with E-state index < -0.39 is 18.3 Å². The van der Waals surface area contributed by atoms with Gasteiger partial charge < -0.3 is 0 Å². The predicted octanol–water partition coefficient (Wildman–Crippen LogP) is 16.1. The third-order valence-electron chi connectivity index (χ3n) is 20.7. The van der Waals surface area contributed by atoms with Gasteiger partial charge in [0.15, 0.2) is 0 Å². The van der Waals surface area contributed by atoms with Crippen LogP contribution in [0, 0.1) is 39.4 Å². The third kappa shape index (κ3) is 4.92. The zero-order valence-electron chi connectivity index (χ0n) is 36.0. The first-order valence-electron chi connectivity index (χ1n) is 22.2. The van der Waals surface area contributed by atoms with E-state index in [0.29, 0.717) is 13.2 Å². The summed E-state index contributed by atoms with van der Waals surface area (Å²) in [6.07, 6.45) is 31.8. The van der Waals surface area contributed by atoms with Crippen LogP contribution in [0.2, 0.25) is 10.4 Å². The summed E-state index contributed by atoms with van der Waals surface area (Å²) < 4.78 is 9.68. The standard InChI is InChI=1S/C29H37.2C8H15.C5H5.CH2.2ClH.Zr/c1-18-25-22-17-19-13-9-10-14-20(19)24(22)21-15-11-12-16-23(21)29(25,8)28(6,7)27(4,5)26(18,2)3;2*1-2-8-6-4-3-5-7-8;1-2-4-5-3-1;;;;/h9-11,13-15,23H,12,16-17H2,1-8H3;2*2,8H,3-7H2,1H3;1-3H,4H2;1H2;2*1H;. The van der Waals surface area contributed by atoms with Gasteiger partial charge in [-0.25, -0.2) is 0 Å². The van der Waals surface area contributed by atoms with E-state index in [4.69, 9.17) is 4.21 Å². The molecule has 0 bridgehead atoms. The Morgan fingerprint density at radius 3 is 1.83 bits per heavy atom. The van der Waals surface area contributed by atoms with Crippen molar-refractivity contribution in [2.24, 2.45) is 39.4 Å². The normalized spacial score (nSPS) is 32.7. The Hall–Kier alpha value is -0.747. The summed E-state index contributed by atoms with van der Waals surface area (Å²) in [5, 5.41) is 0. The van der Waals surface area contributed by atoms with E-state index in [1.54, 1.807) is 27.8 Å². The molecule has 7 aliphatic carbocycles. The number of hydrogen-bond donors (Lipinski definition) is 0. The van der Waals surface area contributed by atoms with Gasteiger partial charge in [-0.2, -0.15) is 0 Å². The van der Waals surface area contributed by atoms with Gasteiger partial charge in [0.25, 0.3) is 0 Å². The molecule has 3 fully saturated rings. The van der Waals surface area contributed by atoms with Crippen molar-refractivity contribution in [1.82, 2.24) is 0 Å². The molecule has 3 heteroatoms. The molecule has 0 amide bonds. The molecule has 0 saturated heterocycles. The Labute approximate surface area is 345 Å². The molecule has 5 unspecified atom stereocenters. The first-order valence-corrected chi connectivity index (χ1v) is 29.2. The molecule has 1 aromatic rings. The van der Waals surface area contributed by atoms with E-state index in [1.165, 1.54) is 77.0 Å². The second-order valence-corrected chi connectivity index (χ2v) is 38.1. The molecule has 0 aliphatic heterocycles. The first-order chi connectivity index (χ1) is 24.5. The molecule has 8 rings (SSSR count). The zero-order valence-corrected chi connectivity index (χ0v) is 40.1. The summed E-state index contributed by atoms with van der Waals surface area (Å²) in [6, 6.07) is 9.60. The van der Waals surface area contributed by atoms with Crippen molar-refractivity contribution >= 4 is 34.6 Å². The number of rotatable bonds is 6. The molecular weight excluding hydrogens is 775 g/mol. The van der Waals surface area contributed by atoms with Crippen LogP contribution in [0.5, 0.6) is 0 Å². The minimum absolute atomic E-state index is 0. The summed E-state index contributed by atoms with van der Waals surface area (Å²) in [6.45, 7) is 28.1. The van der Waals surface area contributed by atoms with Crippen LogP contribution in [0.1, 0.15) is 164 Å². The molecule has 0 heterocycles. The van der Waals surface area contributed by atoms with E-state index in [2.05, 4.69) is 124 Å². The molecule has 3 saturated carbocycles. The van der Waals surface area contributed by atoms with Crippen molar-refractivity contribution in [2.75, 3.05) is 0 Å². The quantitative estimate of drug-likeness (QED) is 0.267. The van der Waals surface area contributed by atoms with Crippen LogP contribution < -0.4 is 0 Å². The molecule has 0 N–H and O–H groups in total. The van der Waals surface area contributed by atoms with Gasteiger partial charge in [-0.3, -0.25) is 0 Å². The van der Waals surface area contributed by atoms with Crippen LogP contribution >= 0.6 is 24.8 Å². The van der Waals surface area contributed by atoms with E-state index in [1.807, 2.05) is 8.85 Å². The topological polar surface area (TPSA) is 0 Å². The Morgan fingerprint density at radius 1 is 0.704 bits per heavy atom. The van der Waals surface area contributed by atoms with Crippen molar-refractivity contribution in [3.63, 3.8) is 0 Å². The Kier molecular flexibility index (Phi) is 11.3. The number of fused-ring (bicyclic) bond motifs is 6. The molecule has 0 spiro atoms. The van der Waals surface area contributed by atoms with Crippen molar-refractivity contribution < 1.29 is 18.3 Å². The molecule has 5 atom stereocenters. The molecule has 54 heavy (non-hydrogen) atoms. The van der Waals surface area contributed by atoms with Crippen LogP contribution in [0.15, 0.2) is 74.6 Å². The molecule has 0 nitrogen and oxygen atoms in total. The Morgan fingerprint density at radius 2 is 1.28 bits per heavy atom. The maximum absolute atomic E-state index is 6.46. The molecule has 1 aromatic carbocycles. The number of hydrogen-bond acceptors (Lipinski definition) is 0. The first kappa shape index (κ1) is 42.8. The average Bonchev–Trinajstić information content (AvgIpc) is 3.83. The molecule has 0 radical (unpaired) electrons. The summed E-state index contributed by atoms with van der Waals surface area (Å²) in [4.78, 5) is 0. The SMILES string of the molecule is Cl.Cl.[CH2]=[Zr]([C]1=CC=CC1)([CH](C)C1CCCCC1)([CH](C)C1CCCCC1)[C]1(C)C2=C3Cc4ccccc4C3=C3C=CCCC3C2(C)C(C)(C)C(C)(C)C1(C)C. The van der Waals surface area contributed by atoms with Crippen LogP contribution in [0.3, 0.4) is 0 Å². The van der Waals surface area contributed by atoms with Gasteiger partial charge in [0, 0.05) is 0 Å². The zero-order chi connectivity index (χ0) is 37.1. The Balaban J connectivity index is 0.00000249. The maximum atomic E-state index is 6.46. The monoisotopic (exact) mass is 848 g/mol. The van der Waals surface area contributed by atoms with E-state index in [0.717, 1.165) is 24.7 Å². The van der Waals surface area contributed by atoms with Gasteiger partial charge in [-0.05, 0) is 0 Å². The molecule has 0 aromatic heterocycles. The number of benzene rings is 1. The van der Waals surface area contributed by atoms with Crippen molar-refractivity contribution in [3.8, 4) is 0 Å². The van der Waals surface area contributed by atoms with Gasteiger partial charge in [-0.15, -0.1) is 24.8 Å². The fourth-order valence-electron chi connectivity index (χ4n) is 16.4. The molecular formula is C51H76Cl2Zr. The average molecular weight is 851 g/mol. The summed E-state index contributed by atoms with van der Waals surface area (Å²) in [5.41, 5.74) is 10.3. The summed E-state index contributed by atoms with van der Waals surface area (Å²) in [5.74, 6) is 2.11. The minimum atomic E-state index is -4.74. The van der Waals surface area contributed by atoms with Crippen molar-refractivity contribution in [1.29, 1.82) is 0 Å². The number of halogens is 2. The van der Waals surface area contributed by atoms with E-state index in [9.17, 15) is 0 Å². The number of allylic oxidation sites excluding steroid dienone is 10. The van der Waals surface area contributed by atoms with Gasteiger partial charge in [0.1, 0.15) is 0 Å². The predicted molar refractivity (Wildman–Crippen MR) is 239 cm³/mol. The molecule has 7 aliphatic rings. The summed E-state index contributed by atoms with van der Waals surface area (Å²) in [7, 11) is 0. The van der Waals surface area contributed by atoms with Crippen molar-refractivity contribution in [2.45, 2.75) is 170 Å². The second kappa shape index (κ2) is 14.2. The second-order valence-electron chi connectivity index (χ2n) is 21.6. The van der Waals surface area contributed by atoms with Crippen LogP contribution in [0.25, 0.3) is 5.57 Å². The Bertz CT molecular complexity index is 1830. The van der Waals surface area contributed by atoms with Crippen LogP contribution in [-0.2, 0) is 24.7 Å². The van der Waals surface area contributed by atoms with E-state index in [-0.39, 0.29) is 49.6 Å². The van der Waals surface area contributed by atoms with Gasteiger partial charge >= 0.3 is 323 Å².